The van der Waals surface area contributed by atoms with Crippen LogP contribution < -0.4 is 10.2 Å². The number of alkyl halides is 2. The molecule has 0 saturated carbocycles. The average molecular weight is 406 g/mol. The Morgan fingerprint density at radius 2 is 2.24 bits per heavy atom. The van der Waals surface area contributed by atoms with Crippen molar-refractivity contribution in [3.05, 3.63) is 35.9 Å². The number of morpholine rings is 1. The number of aromatic nitrogens is 3. The van der Waals surface area contributed by atoms with Crippen molar-refractivity contribution in [1.29, 1.82) is 0 Å². The number of nitrogens with one attached hydrogen (secondary N) is 1. The minimum Gasteiger partial charge on any atom is -0.370 e. The van der Waals surface area contributed by atoms with Gasteiger partial charge in [-0.05, 0) is 19.1 Å². The first kappa shape index (κ1) is 19.2. The molecule has 1 saturated heterocycles. The first-order chi connectivity index (χ1) is 13.9. The molecule has 11 heteroatoms. The van der Waals surface area contributed by atoms with E-state index in [0.717, 1.165) is 11.8 Å². The van der Waals surface area contributed by atoms with Gasteiger partial charge < -0.3 is 19.9 Å². The molecule has 2 aliphatic rings. The van der Waals surface area contributed by atoms with Crippen LogP contribution in [0.15, 0.2) is 24.5 Å². The van der Waals surface area contributed by atoms with Gasteiger partial charge in [-0.25, -0.2) is 13.6 Å². The molecule has 4 heterocycles. The van der Waals surface area contributed by atoms with E-state index in [2.05, 4.69) is 15.4 Å². The van der Waals surface area contributed by atoms with Crippen LogP contribution >= 0.6 is 0 Å². The van der Waals surface area contributed by atoms with Gasteiger partial charge in [0, 0.05) is 18.4 Å². The van der Waals surface area contributed by atoms with Gasteiger partial charge in [0.2, 0.25) is 0 Å². The van der Waals surface area contributed by atoms with E-state index in [0.29, 0.717) is 25.4 Å². The van der Waals surface area contributed by atoms with Gasteiger partial charge in [0.15, 0.2) is 0 Å². The highest BCUT2D eigenvalue weighted by Gasteiger charge is 2.33. The van der Waals surface area contributed by atoms with Crippen molar-refractivity contribution in [1.82, 2.24) is 19.7 Å². The van der Waals surface area contributed by atoms with Crippen LogP contribution in [0.5, 0.6) is 0 Å². The summed E-state index contributed by atoms with van der Waals surface area (Å²) in [6.07, 6.45) is 0.141. The number of amides is 3. The molecule has 2 aliphatic heterocycles. The van der Waals surface area contributed by atoms with Crippen LogP contribution in [0.2, 0.25) is 0 Å². The Morgan fingerprint density at radius 3 is 3.00 bits per heavy atom. The second kappa shape index (κ2) is 7.74. The fourth-order valence-electron chi connectivity index (χ4n) is 3.50. The molecule has 1 N–H and O–H groups in total. The third-order valence-corrected chi connectivity index (χ3v) is 5.01. The van der Waals surface area contributed by atoms with E-state index >= 15 is 0 Å². The molecule has 2 aromatic heterocycles. The van der Waals surface area contributed by atoms with E-state index in [1.807, 2.05) is 6.92 Å². The first-order valence-electron chi connectivity index (χ1n) is 9.18. The van der Waals surface area contributed by atoms with Gasteiger partial charge in [0.1, 0.15) is 12.3 Å². The van der Waals surface area contributed by atoms with Gasteiger partial charge in [-0.3, -0.25) is 14.5 Å². The fourth-order valence-corrected chi connectivity index (χ4v) is 3.50. The van der Waals surface area contributed by atoms with Crippen molar-refractivity contribution in [2.75, 3.05) is 30.0 Å². The predicted molar refractivity (Wildman–Crippen MR) is 98.6 cm³/mol. The van der Waals surface area contributed by atoms with Crippen molar-refractivity contribution >= 4 is 23.3 Å². The molecule has 0 bridgehead atoms. The zero-order chi connectivity index (χ0) is 20.5. The second-order valence-corrected chi connectivity index (χ2v) is 6.93. The quantitative estimate of drug-likeness (QED) is 0.842. The molecule has 29 heavy (non-hydrogen) atoms. The number of fused-ring (bicyclic) bond motifs is 1. The highest BCUT2D eigenvalue weighted by molar-refractivity contribution is 5.95. The lowest BCUT2D eigenvalue weighted by molar-refractivity contribution is -0.125. The van der Waals surface area contributed by atoms with Crippen molar-refractivity contribution < 1.29 is 23.1 Å². The number of carbonyl (C=O) groups is 2. The van der Waals surface area contributed by atoms with Gasteiger partial charge in [-0.15, -0.1) is 0 Å². The van der Waals surface area contributed by atoms with Gasteiger partial charge in [-0.2, -0.15) is 5.10 Å². The topological polar surface area (TPSA) is 92.6 Å². The standard InChI is InChI=1S/C18H20F2N6O3/c1-11-8-26-15(14(7-22-26)24-4-5-29-10-16(24)27)9-25(11)18(28)23-12-2-3-21-13(6-12)17(19)20/h2-3,6-7,11,17H,4-5,8-10H2,1H3,(H,21,23,28)/t11-/m0/s1. The number of ether oxygens (including phenoxy) is 1. The summed E-state index contributed by atoms with van der Waals surface area (Å²) >= 11 is 0. The van der Waals surface area contributed by atoms with Gasteiger partial charge in [-0.1, -0.05) is 0 Å². The minimum absolute atomic E-state index is 0.0136. The van der Waals surface area contributed by atoms with E-state index in [1.54, 1.807) is 20.7 Å². The molecule has 3 amide bonds. The molecule has 0 radical (unpaired) electrons. The Kier molecular flexibility index (Phi) is 5.14. The SMILES string of the molecule is C[C@H]1Cn2ncc(N3CCOCC3=O)c2CN1C(=O)Nc1ccnc(C(F)F)c1. The van der Waals surface area contributed by atoms with Crippen LogP contribution in [-0.4, -0.2) is 57.4 Å². The van der Waals surface area contributed by atoms with E-state index in [-0.39, 0.29) is 30.8 Å². The van der Waals surface area contributed by atoms with E-state index in [1.165, 1.54) is 12.3 Å². The van der Waals surface area contributed by atoms with Gasteiger partial charge >= 0.3 is 6.03 Å². The average Bonchev–Trinajstić information content (AvgIpc) is 3.10. The summed E-state index contributed by atoms with van der Waals surface area (Å²) in [5.74, 6) is -0.155. The smallest absolute Gasteiger partial charge is 0.322 e. The summed E-state index contributed by atoms with van der Waals surface area (Å²) in [5, 5.41) is 7.01. The number of urea groups is 1. The molecule has 2 aromatic rings. The number of anilines is 2. The largest absolute Gasteiger partial charge is 0.370 e. The summed E-state index contributed by atoms with van der Waals surface area (Å²) in [4.78, 5) is 31.8. The number of carbonyl (C=O) groups excluding carboxylic acids is 2. The molecule has 0 unspecified atom stereocenters. The zero-order valence-corrected chi connectivity index (χ0v) is 15.7. The van der Waals surface area contributed by atoms with Crippen LogP contribution in [-0.2, 0) is 22.6 Å². The Labute approximate surface area is 165 Å². The molecule has 0 aliphatic carbocycles. The van der Waals surface area contributed by atoms with Crippen LogP contribution in [0.1, 0.15) is 24.7 Å². The zero-order valence-electron chi connectivity index (χ0n) is 15.7. The first-order valence-corrected chi connectivity index (χ1v) is 9.18. The van der Waals surface area contributed by atoms with Crippen LogP contribution in [0.3, 0.4) is 0 Å². The molecule has 1 fully saturated rings. The lowest BCUT2D eigenvalue weighted by Gasteiger charge is -2.35. The molecule has 4 rings (SSSR count). The Hall–Kier alpha value is -3.08. The lowest BCUT2D eigenvalue weighted by atomic mass is 10.2. The fraction of sp³-hybridized carbons (Fsp3) is 0.444. The number of hydrogen-bond acceptors (Lipinski definition) is 5. The number of halogens is 2. The van der Waals surface area contributed by atoms with Crippen molar-refractivity contribution in [3.63, 3.8) is 0 Å². The highest BCUT2D eigenvalue weighted by atomic mass is 19.3. The lowest BCUT2D eigenvalue weighted by Crippen LogP contribution is -2.48. The number of rotatable bonds is 3. The highest BCUT2D eigenvalue weighted by Crippen LogP contribution is 2.28. The van der Waals surface area contributed by atoms with Crippen molar-refractivity contribution in [3.8, 4) is 0 Å². The number of nitrogens with zero attached hydrogens (tertiary/aromatic N) is 5. The third-order valence-electron chi connectivity index (χ3n) is 5.01. The monoisotopic (exact) mass is 406 g/mol. The molecular weight excluding hydrogens is 386 g/mol. The molecule has 1 atom stereocenters. The summed E-state index contributed by atoms with van der Waals surface area (Å²) < 4.78 is 32.7. The van der Waals surface area contributed by atoms with Crippen LogP contribution in [0.25, 0.3) is 0 Å². The maximum atomic E-state index is 12.8. The molecule has 0 spiro atoms. The minimum atomic E-state index is -2.72. The van der Waals surface area contributed by atoms with E-state index in [4.69, 9.17) is 4.74 Å². The maximum Gasteiger partial charge on any atom is 0.322 e. The number of pyridine rings is 1. The Morgan fingerprint density at radius 1 is 1.41 bits per heavy atom. The predicted octanol–water partition coefficient (Wildman–Crippen LogP) is 2.02. The Bertz CT molecular complexity index is 934. The second-order valence-electron chi connectivity index (χ2n) is 6.93. The summed E-state index contributed by atoms with van der Waals surface area (Å²) in [6, 6.07) is 2.02. The molecule has 0 aromatic carbocycles. The maximum absolute atomic E-state index is 12.8. The number of hydrogen-bond donors (Lipinski definition) is 1. The van der Waals surface area contributed by atoms with Gasteiger partial charge in [0.25, 0.3) is 12.3 Å². The summed E-state index contributed by atoms with van der Waals surface area (Å²) in [5.41, 5.74) is 1.25. The van der Waals surface area contributed by atoms with Crippen LogP contribution in [0, 0.1) is 0 Å². The Balaban J connectivity index is 1.53. The van der Waals surface area contributed by atoms with Crippen molar-refractivity contribution in [2.45, 2.75) is 32.5 Å². The summed E-state index contributed by atoms with van der Waals surface area (Å²) in [7, 11) is 0. The van der Waals surface area contributed by atoms with Crippen molar-refractivity contribution in [2.24, 2.45) is 0 Å². The summed E-state index contributed by atoms with van der Waals surface area (Å²) in [6.45, 7) is 3.44. The molecule has 154 valence electrons. The third kappa shape index (κ3) is 3.77. The van der Waals surface area contributed by atoms with E-state index < -0.39 is 18.2 Å². The molecule has 9 nitrogen and oxygen atoms in total. The van der Waals surface area contributed by atoms with Crippen LogP contribution in [0.4, 0.5) is 25.0 Å². The van der Waals surface area contributed by atoms with Gasteiger partial charge in [0.05, 0.1) is 43.3 Å². The normalized spacial score (nSPS) is 19.4. The van der Waals surface area contributed by atoms with E-state index in [9.17, 15) is 18.4 Å². The molecular formula is C18H20F2N6O3.